The molecule has 0 bridgehead atoms. The van der Waals surface area contributed by atoms with Crippen LogP contribution in [-0.4, -0.2) is 29.8 Å². The number of carbonyl (C=O) groups is 1. The van der Waals surface area contributed by atoms with Gasteiger partial charge in [0.15, 0.2) is 0 Å². The Morgan fingerprint density at radius 3 is 2.38 bits per heavy atom. The summed E-state index contributed by atoms with van der Waals surface area (Å²) >= 11 is 0. The lowest BCUT2D eigenvalue weighted by Crippen LogP contribution is -2.47. The van der Waals surface area contributed by atoms with E-state index >= 15 is 0 Å². The fourth-order valence-electron chi connectivity index (χ4n) is 3.48. The molecule has 1 saturated carbocycles. The van der Waals surface area contributed by atoms with Crippen LogP contribution in [0.5, 0.6) is 0 Å². The monoisotopic (exact) mass is 223 g/mol. The summed E-state index contributed by atoms with van der Waals surface area (Å²) < 4.78 is 0. The fourth-order valence-corrected chi connectivity index (χ4v) is 3.48. The Hall–Kier alpha value is -0.370. The summed E-state index contributed by atoms with van der Waals surface area (Å²) in [5, 5.41) is 0. The van der Waals surface area contributed by atoms with Gasteiger partial charge in [0.05, 0.1) is 0 Å². The standard InChI is InChI=1S/C14H25NO/c1-11(2)13-5-3-4-6-14(13)15-9-7-12(16)8-10-15/h11,13-14H,3-10H2,1-2H3. The summed E-state index contributed by atoms with van der Waals surface area (Å²) in [7, 11) is 0. The van der Waals surface area contributed by atoms with Crippen molar-refractivity contribution in [3.8, 4) is 0 Å². The largest absolute Gasteiger partial charge is 0.300 e. The van der Waals surface area contributed by atoms with Crippen molar-refractivity contribution >= 4 is 5.78 Å². The highest BCUT2D eigenvalue weighted by molar-refractivity contribution is 5.79. The molecule has 2 unspecified atom stereocenters. The minimum atomic E-state index is 0.466. The molecule has 92 valence electrons. The lowest BCUT2D eigenvalue weighted by atomic mass is 9.76. The molecular formula is C14H25NO. The summed E-state index contributed by atoms with van der Waals surface area (Å²) in [6.45, 7) is 6.76. The van der Waals surface area contributed by atoms with E-state index in [9.17, 15) is 4.79 Å². The van der Waals surface area contributed by atoms with Gasteiger partial charge in [-0.2, -0.15) is 0 Å². The number of Topliss-reactive ketones (excluding diaryl/α,β-unsaturated/α-hetero) is 1. The van der Waals surface area contributed by atoms with Gasteiger partial charge in [-0.25, -0.2) is 0 Å². The number of carbonyl (C=O) groups excluding carboxylic acids is 1. The highest BCUT2D eigenvalue weighted by Crippen LogP contribution is 2.34. The third-order valence-corrected chi connectivity index (χ3v) is 4.46. The summed E-state index contributed by atoms with van der Waals surface area (Å²) in [5.41, 5.74) is 0. The van der Waals surface area contributed by atoms with Crippen molar-refractivity contribution in [2.75, 3.05) is 13.1 Å². The topological polar surface area (TPSA) is 20.3 Å². The number of hydrogen-bond donors (Lipinski definition) is 0. The predicted molar refractivity (Wildman–Crippen MR) is 66.4 cm³/mol. The maximum Gasteiger partial charge on any atom is 0.135 e. The van der Waals surface area contributed by atoms with Gasteiger partial charge in [0.2, 0.25) is 0 Å². The molecular weight excluding hydrogens is 198 g/mol. The van der Waals surface area contributed by atoms with Crippen LogP contribution in [0.1, 0.15) is 52.4 Å². The van der Waals surface area contributed by atoms with Gasteiger partial charge in [0.1, 0.15) is 5.78 Å². The Kier molecular flexibility index (Phi) is 4.01. The molecule has 1 aliphatic carbocycles. The van der Waals surface area contributed by atoms with Crippen molar-refractivity contribution in [1.29, 1.82) is 0 Å². The van der Waals surface area contributed by atoms with Crippen molar-refractivity contribution in [3.63, 3.8) is 0 Å². The van der Waals surface area contributed by atoms with Crippen LogP contribution in [0.2, 0.25) is 0 Å². The minimum Gasteiger partial charge on any atom is -0.300 e. The normalized spacial score (nSPS) is 33.3. The van der Waals surface area contributed by atoms with Crippen LogP contribution in [0.25, 0.3) is 0 Å². The van der Waals surface area contributed by atoms with Crippen molar-refractivity contribution in [2.45, 2.75) is 58.4 Å². The van der Waals surface area contributed by atoms with E-state index in [-0.39, 0.29) is 0 Å². The van der Waals surface area contributed by atoms with Crippen LogP contribution >= 0.6 is 0 Å². The molecule has 0 N–H and O–H groups in total. The molecule has 1 heterocycles. The number of rotatable bonds is 2. The molecule has 2 aliphatic rings. The van der Waals surface area contributed by atoms with Crippen LogP contribution in [0, 0.1) is 11.8 Å². The molecule has 2 heteroatoms. The Morgan fingerprint density at radius 1 is 1.12 bits per heavy atom. The molecule has 1 aliphatic heterocycles. The average Bonchev–Trinajstić information content (AvgIpc) is 2.30. The Balaban J connectivity index is 1.97. The second kappa shape index (κ2) is 5.31. The van der Waals surface area contributed by atoms with Gasteiger partial charge in [-0.1, -0.05) is 26.7 Å². The van der Waals surface area contributed by atoms with E-state index in [1.54, 1.807) is 0 Å². The van der Waals surface area contributed by atoms with Crippen LogP contribution in [0.3, 0.4) is 0 Å². The van der Waals surface area contributed by atoms with E-state index in [2.05, 4.69) is 18.7 Å². The number of likely N-dealkylation sites (tertiary alicyclic amines) is 1. The van der Waals surface area contributed by atoms with Crippen molar-refractivity contribution in [2.24, 2.45) is 11.8 Å². The van der Waals surface area contributed by atoms with E-state index in [0.717, 1.165) is 43.8 Å². The number of hydrogen-bond acceptors (Lipinski definition) is 2. The first-order chi connectivity index (χ1) is 7.68. The first kappa shape index (κ1) is 12.1. The summed E-state index contributed by atoms with van der Waals surface area (Å²) in [4.78, 5) is 13.9. The number of ketones is 1. The molecule has 0 spiro atoms. The average molecular weight is 223 g/mol. The van der Waals surface area contributed by atoms with Crippen molar-refractivity contribution in [1.82, 2.24) is 4.90 Å². The zero-order valence-corrected chi connectivity index (χ0v) is 10.7. The summed E-state index contributed by atoms with van der Waals surface area (Å²) in [5.74, 6) is 2.12. The molecule has 0 aromatic heterocycles. The maximum absolute atomic E-state index is 11.3. The first-order valence-corrected chi connectivity index (χ1v) is 6.94. The molecule has 0 amide bonds. The first-order valence-electron chi connectivity index (χ1n) is 6.94. The highest BCUT2D eigenvalue weighted by Gasteiger charge is 2.33. The van der Waals surface area contributed by atoms with Gasteiger partial charge in [0, 0.05) is 32.0 Å². The second-order valence-corrected chi connectivity index (χ2v) is 5.83. The van der Waals surface area contributed by atoms with Crippen molar-refractivity contribution < 1.29 is 4.79 Å². The van der Waals surface area contributed by atoms with E-state index in [0.29, 0.717) is 5.78 Å². The van der Waals surface area contributed by atoms with Crippen LogP contribution in [0.4, 0.5) is 0 Å². The van der Waals surface area contributed by atoms with E-state index in [4.69, 9.17) is 0 Å². The third kappa shape index (κ3) is 2.65. The van der Waals surface area contributed by atoms with E-state index in [1.807, 2.05) is 0 Å². The molecule has 2 fully saturated rings. The SMILES string of the molecule is CC(C)C1CCCCC1N1CCC(=O)CC1. The zero-order chi connectivity index (χ0) is 11.5. The van der Waals surface area contributed by atoms with Gasteiger partial charge >= 0.3 is 0 Å². The molecule has 2 atom stereocenters. The smallest absolute Gasteiger partial charge is 0.135 e. The van der Waals surface area contributed by atoms with E-state index in [1.165, 1.54) is 25.7 Å². The molecule has 0 radical (unpaired) electrons. The van der Waals surface area contributed by atoms with Gasteiger partial charge in [-0.15, -0.1) is 0 Å². The molecule has 2 rings (SSSR count). The van der Waals surface area contributed by atoms with Crippen LogP contribution in [0.15, 0.2) is 0 Å². The Bertz CT molecular complexity index is 239. The quantitative estimate of drug-likeness (QED) is 0.717. The maximum atomic E-state index is 11.3. The van der Waals surface area contributed by atoms with Gasteiger partial charge in [0.25, 0.3) is 0 Å². The zero-order valence-electron chi connectivity index (χ0n) is 10.7. The number of piperidine rings is 1. The van der Waals surface area contributed by atoms with Gasteiger partial charge < -0.3 is 0 Å². The van der Waals surface area contributed by atoms with Crippen molar-refractivity contribution in [3.05, 3.63) is 0 Å². The molecule has 0 aromatic rings. The second-order valence-electron chi connectivity index (χ2n) is 5.83. The van der Waals surface area contributed by atoms with Gasteiger partial charge in [-0.3, -0.25) is 9.69 Å². The molecule has 16 heavy (non-hydrogen) atoms. The van der Waals surface area contributed by atoms with Gasteiger partial charge in [-0.05, 0) is 24.7 Å². The third-order valence-electron chi connectivity index (χ3n) is 4.46. The fraction of sp³-hybridized carbons (Fsp3) is 0.929. The Morgan fingerprint density at radius 2 is 1.75 bits per heavy atom. The predicted octanol–water partition coefficient (Wildman–Crippen LogP) is 2.87. The summed E-state index contributed by atoms with van der Waals surface area (Å²) in [6, 6.07) is 0.766. The summed E-state index contributed by atoms with van der Waals surface area (Å²) in [6.07, 6.45) is 7.14. The lowest BCUT2D eigenvalue weighted by molar-refractivity contribution is -0.122. The molecule has 0 aromatic carbocycles. The Labute approximate surface area is 99.4 Å². The van der Waals surface area contributed by atoms with Crippen LogP contribution in [-0.2, 0) is 4.79 Å². The number of nitrogens with zero attached hydrogens (tertiary/aromatic N) is 1. The molecule has 1 saturated heterocycles. The van der Waals surface area contributed by atoms with Crippen LogP contribution < -0.4 is 0 Å². The highest BCUT2D eigenvalue weighted by atomic mass is 16.1. The molecule has 2 nitrogen and oxygen atoms in total. The minimum absolute atomic E-state index is 0.466. The lowest BCUT2D eigenvalue weighted by Gasteiger charge is -2.43. The van der Waals surface area contributed by atoms with E-state index < -0.39 is 0 Å².